The van der Waals surface area contributed by atoms with Crippen molar-refractivity contribution >= 4 is 16.9 Å². The molecular formula is C21H21N2O3+. The Kier molecular flexibility index (Phi) is 4.31. The maximum Gasteiger partial charge on any atom is 0.365 e. The van der Waals surface area contributed by atoms with Crippen LogP contribution in [0.4, 0.5) is 0 Å². The molecule has 0 fully saturated rings. The first-order chi connectivity index (χ1) is 12.7. The Labute approximate surface area is 151 Å². The van der Waals surface area contributed by atoms with Gasteiger partial charge in [0.25, 0.3) is 0 Å². The average Bonchev–Trinajstić information content (AvgIpc) is 2.69. The number of nitrogens with one attached hydrogen (secondary N) is 1. The summed E-state index contributed by atoms with van der Waals surface area (Å²) in [7, 11) is 1.44. The summed E-state index contributed by atoms with van der Waals surface area (Å²) in [6.45, 7) is 1.43. The van der Waals surface area contributed by atoms with Crippen molar-refractivity contribution in [2.45, 2.75) is 25.6 Å². The van der Waals surface area contributed by atoms with Gasteiger partial charge in [0, 0.05) is 29.1 Å². The van der Waals surface area contributed by atoms with Gasteiger partial charge in [-0.1, -0.05) is 30.3 Å². The summed E-state index contributed by atoms with van der Waals surface area (Å²) in [4.78, 5) is 17.8. The monoisotopic (exact) mass is 349 g/mol. The highest BCUT2D eigenvalue weighted by molar-refractivity contribution is 5.87. The molecule has 2 aromatic carbocycles. The Balaban J connectivity index is 1.72. The molecule has 26 heavy (non-hydrogen) atoms. The number of aromatic nitrogens is 1. The molecule has 1 aliphatic rings. The van der Waals surface area contributed by atoms with Crippen molar-refractivity contribution in [3.63, 3.8) is 0 Å². The van der Waals surface area contributed by atoms with Crippen LogP contribution in [0.3, 0.4) is 0 Å². The highest BCUT2D eigenvalue weighted by atomic mass is 16.5. The van der Waals surface area contributed by atoms with Crippen LogP contribution in [0, 0.1) is 0 Å². The number of hydrogen-bond donors (Lipinski definition) is 2. The molecule has 5 nitrogen and oxygen atoms in total. The van der Waals surface area contributed by atoms with Crippen LogP contribution in [-0.2, 0) is 29.0 Å². The number of phenols is 1. The number of methoxy groups -OCH3 is 1. The lowest BCUT2D eigenvalue weighted by molar-refractivity contribution is -0.945. The summed E-state index contributed by atoms with van der Waals surface area (Å²) in [5.74, 6) is -0.0106. The molecule has 1 aliphatic heterocycles. The van der Waals surface area contributed by atoms with Crippen LogP contribution in [0.1, 0.15) is 16.7 Å². The molecular weight excluding hydrogens is 328 g/mol. The molecule has 0 bridgehead atoms. The summed E-state index contributed by atoms with van der Waals surface area (Å²) in [6.07, 6.45) is 2.35. The molecule has 2 atom stereocenters. The number of benzene rings is 2. The van der Waals surface area contributed by atoms with Crippen molar-refractivity contribution in [1.82, 2.24) is 4.98 Å². The van der Waals surface area contributed by atoms with Gasteiger partial charge in [0.15, 0.2) is 6.04 Å². The van der Waals surface area contributed by atoms with Crippen molar-refractivity contribution in [1.29, 1.82) is 0 Å². The highest BCUT2D eigenvalue weighted by Crippen LogP contribution is 2.25. The topological polar surface area (TPSA) is 63.9 Å². The average molecular weight is 349 g/mol. The zero-order valence-electron chi connectivity index (χ0n) is 14.6. The summed E-state index contributed by atoms with van der Waals surface area (Å²) < 4.78 is 5.07. The van der Waals surface area contributed by atoms with Gasteiger partial charge in [-0.2, -0.15) is 0 Å². The number of aromatic hydroxyl groups is 1. The molecule has 3 aromatic rings. The number of esters is 1. The van der Waals surface area contributed by atoms with Crippen molar-refractivity contribution in [3.8, 4) is 5.75 Å². The third-order valence-corrected chi connectivity index (χ3v) is 5.19. The smallest absolute Gasteiger partial charge is 0.365 e. The second-order valence-electron chi connectivity index (χ2n) is 6.70. The minimum atomic E-state index is -0.240. The first kappa shape index (κ1) is 16.5. The number of fused-ring (bicyclic) bond motifs is 2. The fraction of sp³-hybridized carbons (Fsp3) is 0.238. The fourth-order valence-electron chi connectivity index (χ4n) is 3.85. The molecule has 132 valence electrons. The van der Waals surface area contributed by atoms with E-state index in [0.29, 0.717) is 18.5 Å². The Morgan fingerprint density at radius 1 is 1.19 bits per heavy atom. The second-order valence-corrected chi connectivity index (χ2v) is 6.70. The van der Waals surface area contributed by atoms with E-state index in [0.717, 1.165) is 22.4 Å². The molecule has 2 heterocycles. The number of ether oxygens (including phenoxy) is 1. The zero-order valence-corrected chi connectivity index (χ0v) is 14.6. The van der Waals surface area contributed by atoms with Gasteiger partial charge in [-0.3, -0.25) is 4.98 Å². The van der Waals surface area contributed by atoms with Crippen molar-refractivity contribution in [2.24, 2.45) is 0 Å². The van der Waals surface area contributed by atoms with Gasteiger partial charge in [0.1, 0.15) is 24.4 Å². The largest absolute Gasteiger partial charge is 0.506 e. The Bertz CT molecular complexity index is 970. The van der Waals surface area contributed by atoms with Crippen LogP contribution in [0.5, 0.6) is 5.75 Å². The maximum absolute atomic E-state index is 12.4. The number of pyridine rings is 1. The van der Waals surface area contributed by atoms with Crippen molar-refractivity contribution in [2.75, 3.05) is 7.11 Å². The number of carbonyl (C=O) groups is 1. The highest BCUT2D eigenvalue weighted by Gasteiger charge is 2.36. The third-order valence-electron chi connectivity index (χ3n) is 5.19. The molecule has 0 saturated carbocycles. The predicted molar refractivity (Wildman–Crippen MR) is 97.7 cm³/mol. The van der Waals surface area contributed by atoms with Gasteiger partial charge in [0.05, 0.1) is 7.11 Å². The van der Waals surface area contributed by atoms with Crippen molar-refractivity contribution < 1.29 is 19.5 Å². The van der Waals surface area contributed by atoms with Crippen LogP contribution < -0.4 is 4.90 Å². The Hall–Kier alpha value is -2.92. The number of hydrogen-bond acceptors (Lipinski definition) is 4. The van der Waals surface area contributed by atoms with Gasteiger partial charge in [-0.15, -0.1) is 0 Å². The van der Waals surface area contributed by atoms with E-state index in [1.165, 1.54) is 18.2 Å². The first-order valence-electron chi connectivity index (χ1n) is 8.72. The molecule has 1 aromatic heterocycles. The first-order valence-corrected chi connectivity index (χ1v) is 8.72. The minimum absolute atomic E-state index is 0.174. The lowest BCUT2D eigenvalue weighted by Crippen LogP contribution is -3.15. The number of phenolic OH excluding ortho intramolecular Hbond substituents is 1. The molecule has 0 spiro atoms. The zero-order chi connectivity index (χ0) is 18.1. The fourth-order valence-corrected chi connectivity index (χ4v) is 3.85. The summed E-state index contributed by atoms with van der Waals surface area (Å²) in [6, 6.07) is 15.4. The van der Waals surface area contributed by atoms with Gasteiger partial charge in [0.2, 0.25) is 0 Å². The van der Waals surface area contributed by atoms with Crippen LogP contribution in [0.25, 0.3) is 10.9 Å². The standard InChI is InChI=1S/C21H20N2O3/c1-26-21(25)18-11-14-5-2-3-6-15(14)12-23(18)13-16-8-9-19(24)20-17(16)7-4-10-22-20/h2-10,18,24H,11-13H2,1H3/p+1/t18-/m0/s1. The van der Waals surface area contributed by atoms with Gasteiger partial charge in [-0.05, 0) is 23.8 Å². The summed E-state index contributed by atoms with van der Waals surface area (Å²) in [5.41, 5.74) is 4.14. The molecule has 5 heteroatoms. The maximum atomic E-state index is 12.4. The van der Waals surface area contributed by atoms with Gasteiger partial charge in [-0.25, -0.2) is 4.79 Å². The van der Waals surface area contributed by atoms with E-state index in [1.807, 2.05) is 30.3 Å². The second kappa shape index (κ2) is 6.77. The molecule has 1 unspecified atom stereocenters. The number of quaternary nitrogens is 1. The molecule has 2 N–H and O–H groups in total. The van der Waals surface area contributed by atoms with E-state index in [-0.39, 0.29) is 17.8 Å². The van der Waals surface area contributed by atoms with E-state index in [1.54, 1.807) is 12.3 Å². The third kappa shape index (κ3) is 2.91. The molecule has 0 saturated heterocycles. The number of carbonyl (C=O) groups excluding carboxylic acids is 1. The van der Waals surface area contributed by atoms with E-state index < -0.39 is 0 Å². The SMILES string of the molecule is COC(=O)[C@@H]1Cc2ccccc2C[NH+]1Cc1ccc(O)c2ncccc12. The van der Waals surface area contributed by atoms with Gasteiger partial charge < -0.3 is 14.7 Å². The lowest BCUT2D eigenvalue weighted by Gasteiger charge is -2.32. The quantitative estimate of drug-likeness (QED) is 0.706. The van der Waals surface area contributed by atoms with Crippen LogP contribution in [-0.4, -0.2) is 29.2 Å². The van der Waals surface area contributed by atoms with E-state index in [9.17, 15) is 9.90 Å². The minimum Gasteiger partial charge on any atom is -0.506 e. The molecule has 0 amide bonds. The van der Waals surface area contributed by atoms with Crippen molar-refractivity contribution in [3.05, 3.63) is 71.4 Å². The molecule has 4 rings (SSSR count). The predicted octanol–water partition coefficient (Wildman–Crippen LogP) is 1.62. The van der Waals surface area contributed by atoms with Crippen LogP contribution in [0.2, 0.25) is 0 Å². The van der Waals surface area contributed by atoms with E-state index in [2.05, 4.69) is 17.1 Å². The van der Waals surface area contributed by atoms with Gasteiger partial charge >= 0.3 is 5.97 Å². The normalized spacial score (nSPS) is 19.1. The lowest BCUT2D eigenvalue weighted by atomic mass is 9.93. The van der Waals surface area contributed by atoms with Crippen LogP contribution >= 0.6 is 0 Å². The van der Waals surface area contributed by atoms with E-state index >= 15 is 0 Å². The summed E-state index contributed by atoms with van der Waals surface area (Å²) in [5, 5.41) is 11.0. The number of nitrogens with zero attached hydrogens (tertiary/aromatic N) is 1. The van der Waals surface area contributed by atoms with Crippen LogP contribution in [0.15, 0.2) is 54.7 Å². The van der Waals surface area contributed by atoms with E-state index in [4.69, 9.17) is 4.74 Å². The number of rotatable bonds is 3. The summed E-state index contributed by atoms with van der Waals surface area (Å²) >= 11 is 0. The molecule has 0 radical (unpaired) electrons. The Morgan fingerprint density at radius 2 is 2.00 bits per heavy atom. The Morgan fingerprint density at radius 3 is 2.81 bits per heavy atom. The molecule has 0 aliphatic carbocycles.